The van der Waals surface area contributed by atoms with Crippen LogP contribution in [0.4, 0.5) is 5.95 Å². The summed E-state index contributed by atoms with van der Waals surface area (Å²) in [5.74, 6) is 1.18. The fourth-order valence-electron chi connectivity index (χ4n) is 2.60. The Balaban J connectivity index is 2.00. The van der Waals surface area contributed by atoms with E-state index in [-0.39, 0.29) is 6.23 Å². The van der Waals surface area contributed by atoms with E-state index in [9.17, 15) is 0 Å². The lowest BCUT2D eigenvalue weighted by Gasteiger charge is -2.13. The lowest BCUT2D eigenvalue weighted by Crippen LogP contribution is -2.21. The molecule has 3 heterocycles. The Morgan fingerprint density at radius 2 is 2.17 bits per heavy atom. The second kappa shape index (κ2) is 6.33. The van der Waals surface area contributed by atoms with Gasteiger partial charge in [-0.3, -0.25) is 4.98 Å². The molecule has 8 nitrogen and oxygen atoms in total. The van der Waals surface area contributed by atoms with Crippen molar-refractivity contribution in [2.45, 2.75) is 40.3 Å². The lowest BCUT2D eigenvalue weighted by molar-refractivity contribution is 0.0953. The third-order valence-corrected chi connectivity index (χ3v) is 3.68. The normalized spacial score (nSPS) is 12.7. The Hall–Kier alpha value is -2.48. The maximum Gasteiger partial charge on any atom is 0.232 e. The smallest absolute Gasteiger partial charge is 0.232 e. The summed E-state index contributed by atoms with van der Waals surface area (Å²) in [5, 5.41) is 7.41. The number of pyridine rings is 1. The van der Waals surface area contributed by atoms with Crippen LogP contribution in [0.3, 0.4) is 0 Å². The average molecular weight is 315 g/mol. The predicted molar refractivity (Wildman–Crippen MR) is 87.6 cm³/mol. The van der Waals surface area contributed by atoms with Gasteiger partial charge in [-0.15, -0.1) is 0 Å². The number of hydrogen-bond donors (Lipinski definition) is 2. The first-order valence-corrected chi connectivity index (χ1v) is 7.76. The van der Waals surface area contributed by atoms with Gasteiger partial charge in [-0.1, -0.05) is 6.92 Å². The number of H-pyrrole nitrogens is 1. The Bertz CT molecular complexity index is 807. The molecule has 0 saturated heterocycles. The molecule has 0 aliphatic heterocycles. The summed E-state index contributed by atoms with van der Waals surface area (Å²) in [6, 6.07) is 0. The number of anilines is 1. The highest BCUT2D eigenvalue weighted by Gasteiger charge is 2.15. The maximum atomic E-state index is 5.48. The van der Waals surface area contributed by atoms with Gasteiger partial charge in [0.1, 0.15) is 12.6 Å². The number of aromatic nitrogens is 6. The molecule has 0 aromatic carbocycles. The van der Waals surface area contributed by atoms with Gasteiger partial charge in [0.15, 0.2) is 0 Å². The van der Waals surface area contributed by atoms with Crippen LogP contribution in [0.1, 0.15) is 32.0 Å². The summed E-state index contributed by atoms with van der Waals surface area (Å²) in [6.07, 6.45) is 4.00. The fraction of sp³-hybridized carbons (Fsp3) is 0.467. The largest absolute Gasteiger partial charge is 0.359 e. The van der Waals surface area contributed by atoms with Crippen LogP contribution < -0.4 is 5.32 Å². The molecule has 8 heteroatoms. The highest BCUT2D eigenvalue weighted by molar-refractivity contribution is 5.79. The molecule has 0 fully saturated rings. The van der Waals surface area contributed by atoms with Crippen molar-refractivity contribution >= 4 is 17.0 Å². The van der Waals surface area contributed by atoms with E-state index in [0.717, 1.165) is 28.7 Å². The second-order valence-electron chi connectivity index (χ2n) is 5.24. The molecule has 0 spiro atoms. The monoisotopic (exact) mass is 315 g/mol. The SMILES string of the molecule is CCOC(C)Nc1ncnn1-c1nc2c(CC)c(C)ncc2[nH]1. The molecule has 0 radical (unpaired) electrons. The number of ether oxygens (including phenoxy) is 1. The molecule has 122 valence electrons. The molecule has 0 bridgehead atoms. The van der Waals surface area contributed by atoms with E-state index in [0.29, 0.717) is 18.5 Å². The number of imidazole rings is 1. The minimum absolute atomic E-state index is 0.164. The quantitative estimate of drug-likeness (QED) is 0.677. The van der Waals surface area contributed by atoms with Crippen LogP contribution in [0.25, 0.3) is 17.0 Å². The number of aryl methyl sites for hydroxylation is 2. The highest BCUT2D eigenvalue weighted by atomic mass is 16.5. The van der Waals surface area contributed by atoms with Gasteiger partial charge in [-0.05, 0) is 27.2 Å². The topological polar surface area (TPSA) is 93.5 Å². The predicted octanol–water partition coefficient (Wildman–Crippen LogP) is 2.20. The first-order chi connectivity index (χ1) is 11.1. The molecule has 3 rings (SSSR count). The number of rotatable bonds is 6. The maximum absolute atomic E-state index is 5.48. The van der Waals surface area contributed by atoms with Crippen LogP contribution in [-0.4, -0.2) is 42.6 Å². The summed E-state index contributed by atoms with van der Waals surface area (Å²) in [7, 11) is 0. The van der Waals surface area contributed by atoms with E-state index in [2.05, 4.69) is 37.3 Å². The van der Waals surface area contributed by atoms with E-state index in [1.165, 1.54) is 6.33 Å². The van der Waals surface area contributed by atoms with Gasteiger partial charge < -0.3 is 15.0 Å². The summed E-state index contributed by atoms with van der Waals surface area (Å²) in [4.78, 5) is 16.6. The summed E-state index contributed by atoms with van der Waals surface area (Å²) < 4.78 is 7.11. The van der Waals surface area contributed by atoms with E-state index >= 15 is 0 Å². The van der Waals surface area contributed by atoms with Crippen LogP contribution in [-0.2, 0) is 11.2 Å². The van der Waals surface area contributed by atoms with E-state index in [1.807, 2.05) is 20.8 Å². The average Bonchev–Trinajstić information content (AvgIpc) is 3.13. The zero-order valence-electron chi connectivity index (χ0n) is 13.8. The van der Waals surface area contributed by atoms with E-state index < -0.39 is 0 Å². The van der Waals surface area contributed by atoms with Gasteiger partial charge in [-0.25, -0.2) is 4.98 Å². The first-order valence-electron chi connectivity index (χ1n) is 7.76. The molecule has 1 atom stereocenters. The minimum Gasteiger partial charge on any atom is -0.359 e. The minimum atomic E-state index is -0.164. The first kappa shape index (κ1) is 15.4. The molecule has 0 aliphatic carbocycles. The molecule has 0 saturated carbocycles. The van der Waals surface area contributed by atoms with E-state index in [4.69, 9.17) is 4.74 Å². The molecule has 1 unspecified atom stereocenters. The fourth-order valence-corrected chi connectivity index (χ4v) is 2.60. The number of aromatic amines is 1. The molecule has 0 amide bonds. The van der Waals surface area contributed by atoms with E-state index in [1.54, 1.807) is 10.9 Å². The lowest BCUT2D eigenvalue weighted by atomic mass is 10.1. The molecule has 2 N–H and O–H groups in total. The van der Waals surface area contributed by atoms with Gasteiger partial charge in [0.2, 0.25) is 11.9 Å². The Morgan fingerprint density at radius 1 is 1.35 bits per heavy atom. The Labute approximate surface area is 134 Å². The van der Waals surface area contributed by atoms with Crippen molar-refractivity contribution in [2.24, 2.45) is 0 Å². The third-order valence-electron chi connectivity index (χ3n) is 3.68. The van der Waals surface area contributed by atoms with Crippen molar-refractivity contribution in [3.8, 4) is 5.95 Å². The van der Waals surface area contributed by atoms with Crippen molar-refractivity contribution in [1.82, 2.24) is 29.7 Å². The van der Waals surface area contributed by atoms with Gasteiger partial charge in [-0.2, -0.15) is 14.8 Å². The summed E-state index contributed by atoms with van der Waals surface area (Å²) in [6.45, 7) is 8.59. The number of nitrogens with zero attached hydrogens (tertiary/aromatic N) is 5. The van der Waals surface area contributed by atoms with Crippen LogP contribution in [0.2, 0.25) is 0 Å². The standard InChI is InChI=1S/C15H21N7O/c1-5-11-9(3)16-7-12-13(11)21-15(20-12)22-14(17-8-18-22)19-10(4)23-6-2/h7-8,10H,5-6H2,1-4H3,(H,20,21)(H,17,18,19). The van der Waals surface area contributed by atoms with Gasteiger partial charge >= 0.3 is 0 Å². The van der Waals surface area contributed by atoms with Crippen LogP contribution in [0.5, 0.6) is 0 Å². The van der Waals surface area contributed by atoms with Crippen LogP contribution in [0.15, 0.2) is 12.5 Å². The molecule has 3 aromatic heterocycles. The number of nitrogens with one attached hydrogen (secondary N) is 2. The zero-order valence-corrected chi connectivity index (χ0v) is 13.8. The van der Waals surface area contributed by atoms with Gasteiger partial charge in [0.25, 0.3) is 0 Å². The highest BCUT2D eigenvalue weighted by Crippen LogP contribution is 2.21. The molecule has 23 heavy (non-hydrogen) atoms. The van der Waals surface area contributed by atoms with Crippen molar-refractivity contribution in [3.05, 3.63) is 23.8 Å². The van der Waals surface area contributed by atoms with Crippen molar-refractivity contribution < 1.29 is 4.74 Å². The van der Waals surface area contributed by atoms with Gasteiger partial charge in [0, 0.05) is 17.9 Å². The molecular formula is C15H21N7O. The summed E-state index contributed by atoms with van der Waals surface area (Å²) in [5.41, 5.74) is 3.96. The second-order valence-corrected chi connectivity index (χ2v) is 5.24. The Morgan fingerprint density at radius 3 is 2.91 bits per heavy atom. The van der Waals surface area contributed by atoms with Crippen molar-refractivity contribution in [1.29, 1.82) is 0 Å². The molecular weight excluding hydrogens is 294 g/mol. The molecule has 0 aliphatic rings. The van der Waals surface area contributed by atoms with Crippen LogP contribution in [0, 0.1) is 6.92 Å². The molecule has 3 aromatic rings. The number of fused-ring (bicyclic) bond motifs is 1. The van der Waals surface area contributed by atoms with Crippen LogP contribution >= 0.6 is 0 Å². The third kappa shape index (κ3) is 2.89. The van der Waals surface area contributed by atoms with Crippen molar-refractivity contribution in [2.75, 3.05) is 11.9 Å². The van der Waals surface area contributed by atoms with Crippen molar-refractivity contribution in [3.63, 3.8) is 0 Å². The Kier molecular flexibility index (Phi) is 4.24. The number of hydrogen-bond acceptors (Lipinski definition) is 6. The zero-order chi connectivity index (χ0) is 16.4. The summed E-state index contributed by atoms with van der Waals surface area (Å²) >= 11 is 0. The van der Waals surface area contributed by atoms with Gasteiger partial charge in [0.05, 0.1) is 17.2 Å².